The minimum Gasteiger partial charge on any atom is -0.492 e. The standard InChI is InChI=1S/C24H35N5O7Si/c1-15-12-17(27-22(18(15)23(32)34-3)36-16(2)8-7-9-30)29-19-20(25-13-26-21(19)31)28(24(29)33)14-35-10-11-37(4,5)6/h12-13,16,30H,7-11,14H2,1-6H3,(H,25,26,31). The van der Waals surface area contributed by atoms with Gasteiger partial charge in [0.25, 0.3) is 0 Å². The number of aromatic nitrogens is 5. The van der Waals surface area contributed by atoms with E-state index in [2.05, 4.69) is 34.6 Å². The fourth-order valence-electron chi connectivity index (χ4n) is 3.73. The molecule has 1 unspecified atom stereocenters. The lowest BCUT2D eigenvalue weighted by molar-refractivity contribution is 0.0590. The quantitative estimate of drug-likeness (QED) is 0.202. The van der Waals surface area contributed by atoms with Gasteiger partial charge in [-0.2, -0.15) is 9.97 Å². The number of esters is 1. The topological polar surface area (TPSA) is 151 Å². The zero-order valence-electron chi connectivity index (χ0n) is 22.1. The van der Waals surface area contributed by atoms with E-state index in [1.807, 2.05) is 0 Å². The van der Waals surface area contributed by atoms with Gasteiger partial charge in [0.05, 0.1) is 13.2 Å². The van der Waals surface area contributed by atoms with Crippen LogP contribution in [0.4, 0.5) is 0 Å². The number of imidazole rings is 1. The number of hydrogen-bond acceptors (Lipinski definition) is 10. The highest BCUT2D eigenvalue weighted by atomic mass is 28.3. The van der Waals surface area contributed by atoms with E-state index in [1.165, 1.54) is 22.3 Å². The van der Waals surface area contributed by atoms with Crippen molar-refractivity contribution in [2.24, 2.45) is 0 Å². The van der Waals surface area contributed by atoms with Crippen LogP contribution in [-0.4, -0.2) is 74.8 Å². The molecule has 0 saturated heterocycles. The first kappa shape index (κ1) is 28.3. The Morgan fingerprint density at radius 3 is 2.62 bits per heavy atom. The van der Waals surface area contributed by atoms with Crippen LogP contribution in [0.2, 0.25) is 25.7 Å². The molecule has 3 aromatic rings. The third-order valence-corrected chi connectivity index (χ3v) is 7.48. The second kappa shape index (κ2) is 11.8. The number of aryl methyl sites for hydroxylation is 1. The Morgan fingerprint density at radius 1 is 1.24 bits per heavy atom. The summed E-state index contributed by atoms with van der Waals surface area (Å²) in [5, 5.41) is 19.7. The molecular weight excluding hydrogens is 498 g/mol. The van der Waals surface area contributed by atoms with Crippen molar-refractivity contribution in [1.82, 2.24) is 24.1 Å². The molecule has 3 rings (SSSR count). The number of aromatic hydroxyl groups is 1. The Bertz CT molecular complexity index is 1320. The molecule has 202 valence electrons. The van der Waals surface area contributed by atoms with Gasteiger partial charge < -0.3 is 24.4 Å². The third kappa shape index (κ3) is 6.53. The summed E-state index contributed by atoms with van der Waals surface area (Å²) >= 11 is 0. The second-order valence-corrected chi connectivity index (χ2v) is 15.6. The van der Waals surface area contributed by atoms with Crippen molar-refractivity contribution in [3.05, 3.63) is 34.0 Å². The van der Waals surface area contributed by atoms with Crippen molar-refractivity contribution in [1.29, 1.82) is 0 Å². The zero-order valence-corrected chi connectivity index (χ0v) is 23.1. The minimum atomic E-state index is -1.33. The summed E-state index contributed by atoms with van der Waals surface area (Å²) in [5.74, 6) is -0.964. The Balaban J connectivity index is 2.13. The van der Waals surface area contributed by atoms with Crippen LogP contribution >= 0.6 is 0 Å². The first-order valence-corrected chi connectivity index (χ1v) is 15.8. The van der Waals surface area contributed by atoms with Crippen LogP contribution in [0, 0.1) is 6.92 Å². The summed E-state index contributed by atoms with van der Waals surface area (Å²) in [4.78, 5) is 38.6. The largest absolute Gasteiger partial charge is 0.492 e. The van der Waals surface area contributed by atoms with E-state index in [0.717, 1.165) is 12.4 Å². The van der Waals surface area contributed by atoms with Gasteiger partial charge in [-0.05, 0) is 44.4 Å². The molecule has 1 atom stereocenters. The van der Waals surface area contributed by atoms with Crippen LogP contribution in [0.25, 0.3) is 17.0 Å². The van der Waals surface area contributed by atoms with Gasteiger partial charge in [0.1, 0.15) is 24.4 Å². The normalized spacial score (nSPS) is 12.6. The molecule has 3 aromatic heterocycles. The number of rotatable bonds is 12. The molecule has 0 fully saturated rings. The highest BCUT2D eigenvalue weighted by molar-refractivity contribution is 6.76. The zero-order chi connectivity index (χ0) is 27.3. The van der Waals surface area contributed by atoms with Crippen molar-refractivity contribution in [3.63, 3.8) is 0 Å². The summed E-state index contributed by atoms with van der Waals surface area (Å²) in [6.07, 6.45) is 1.80. The fourth-order valence-corrected chi connectivity index (χ4v) is 4.49. The van der Waals surface area contributed by atoms with Crippen molar-refractivity contribution >= 4 is 25.2 Å². The predicted octanol–water partition coefficient (Wildman–Crippen LogP) is 2.63. The number of methoxy groups -OCH3 is 1. The minimum absolute atomic E-state index is 0.00174. The molecule has 0 aliphatic carbocycles. The number of fused-ring (bicyclic) bond motifs is 1. The van der Waals surface area contributed by atoms with Gasteiger partial charge in [0, 0.05) is 21.3 Å². The Kier molecular flexibility index (Phi) is 9.05. The number of nitrogens with zero attached hydrogens (tertiary/aromatic N) is 5. The van der Waals surface area contributed by atoms with E-state index in [1.54, 1.807) is 13.8 Å². The summed E-state index contributed by atoms with van der Waals surface area (Å²) < 4.78 is 19.1. The van der Waals surface area contributed by atoms with Crippen molar-refractivity contribution < 1.29 is 29.2 Å². The fraction of sp³-hybridized carbons (Fsp3) is 0.542. The van der Waals surface area contributed by atoms with Gasteiger partial charge in [0.2, 0.25) is 11.8 Å². The molecule has 0 aliphatic rings. The van der Waals surface area contributed by atoms with Crippen molar-refractivity contribution in [2.45, 2.75) is 65.2 Å². The average Bonchev–Trinajstić information content (AvgIpc) is 3.11. The molecule has 13 heteroatoms. The molecule has 0 spiro atoms. The summed E-state index contributed by atoms with van der Waals surface area (Å²) in [6.45, 7) is 10.6. The van der Waals surface area contributed by atoms with Crippen LogP contribution in [0.1, 0.15) is 35.7 Å². The van der Waals surface area contributed by atoms with Crippen molar-refractivity contribution in [3.8, 4) is 17.6 Å². The van der Waals surface area contributed by atoms with E-state index in [0.29, 0.717) is 25.0 Å². The monoisotopic (exact) mass is 533 g/mol. The first-order chi connectivity index (χ1) is 17.5. The second-order valence-electron chi connectivity index (χ2n) is 10.0. The summed E-state index contributed by atoms with van der Waals surface area (Å²) in [5.41, 5.74) is 0.264. The number of pyridine rings is 1. The molecule has 37 heavy (non-hydrogen) atoms. The maximum absolute atomic E-state index is 13.6. The molecule has 0 aliphatic heterocycles. The number of aliphatic hydroxyl groups excluding tert-OH is 1. The van der Waals surface area contributed by atoms with Crippen LogP contribution in [0.3, 0.4) is 0 Å². The predicted molar refractivity (Wildman–Crippen MR) is 139 cm³/mol. The summed E-state index contributed by atoms with van der Waals surface area (Å²) in [7, 11) is -0.0764. The van der Waals surface area contributed by atoms with Crippen molar-refractivity contribution in [2.75, 3.05) is 20.3 Å². The number of hydrogen-bond donors (Lipinski definition) is 2. The van der Waals surface area contributed by atoms with E-state index in [-0.39, 0.29) is 47.9 Å². The molecule has 0 amide bonds. The van der Waals surface area contributed by atoms with Gasteiger partial charge in [0.15, 0.2) is 11.2 Å². The molecule has 3 heterocycles. The summed E-state index contributed by atoms with van der Waals surface area (Å²) in [6, 6.07) is 2.45. The molecule has 0 bridgehead atoms. The third-order valence-electron chi connectivity index (χ3n) is 5.77. The van der Waals surface area contributed by atoms with Crippen LogP contribution in [0.15, 0.2) is 17.2 Å². The number of carbonyl (C=O) groups is 1. The van der Waals surface area contributed by atoms with Gasteiger partial charge in [-0.1, -0.05) is 19.6 Å². The van der Waals surface area contributed by atoms with E-state index < -0.39 is 25.6 Å². The van der Waals surface area contributed by atoms with E-state index in [9.17, 15) is 14.7 Å². The van der Waals surface area contributed by atoms with Gasteiger partial charge in [-0.25, -0.2) is 19.1 Å². The molecule has 2 N–H and O–H groups in total. The highest BCUT2D eigenvalue weighted by Gasteiger charge is 2.26. The smallest absolute Gasteiger partial charge is 0.343 e. The highest BCUT2D eigenvalue weighted by Crippen LogP contribution is 2.28. The van der Waals surface area contributed by atoms with Crippen LogP contribution in [-0.2, 0) is 16.2 Å². The Labute approximate surface area is 215 Å². The number of ether oxygens (including phenoxy) is 3. The van der Waals surface area contributed by atoms with Gasteiger partial charge >= 0.3 is 11.7 Å². The van der Waals surface area contributed by atoms with E-state index >= 15 is 0 Å². The van der Waals surface area contributed by atoms with Gasteiger partial charge in [-0.15, -0.1) is 0 Å². The molecule has 0 saturated carbocycles. The maximum Gasteiger partial charge on any atom is 0.343 e. The average molecular weight is 534 g/mol. The van der Waals surface area contributed by atoms with Crippen LogP contribution < -0.4 is 10.4 Å². The molecule has 0 radical (unpaired) electrons. The molecule has 12 nitrogen and oxygen atoms in total. The molecule has 0 aromatic carbocycles. The first-order valence-electron chi connectivity index (χ1n) is 12.1. The Hall–Kier alpha value is -3.29. The number of carbonyl (C=O) groups excluding carboxylic acids is 1. The lowest BCUT2D eigenvalue weighted by Gasteiger charge is -2.18. The lowest BCUT2D eigenvalue weighted by atomic mass is 10.1. The SMILES string of the molecule is COC(=O)c1c(C)cc(-n2c(=O)n(COCC[Si](C)(C)C)c3ncnc(O)c32)nc1OC(C)CCCO. The molecular formula is C24H35N5O7Si. The lowest BCUT2D eigenvalue weighted by Crippen LogP contribution is -2.27. The maximum atomic E-state index is 13.6. The number of aliphatic hydroxyl groups is 1. The van der Waals surface area contributed by atoms with Gasteiger partial charge in [-0.3, -0.25) is 4.57 Å². The Morgan fingerprint density at radius 2 is 1.97 bits per heavy atom. The van der Waals surface area contributed by atoms with E-state index in [4.69, 9.17) is 19.3 Å². The van der Waals surface area contributed by atoms with Crippen LogP contribution in [0.5, 0.6) is 11.8 Å².